The predicted octanol–water partition coefficient (Wildman–Crippen LogP) is 8.30. The second-order valence-electron chi connectivity index (χ2n) is 9.38. The summed E-state index contributed by atoms with van der Waals surface area (Å²) < 4.78 is 13.8. The van der Waals surface area contributed by atoms with Crippen molar-refractivity contribution in [3.05, 3.63) is 115 Å². The standard InChI is InChI=1S/C31H22BrCl2N3O6S/c1-17(29(38)39)42-27-11-8-18(12-24(27)32)16-37-31(35-21-9-10-25(33)26(34)15-21)44-28(36-37)19-4-2-6-22(13-19)43-23-7-3-5-20(14-23)30(40)41/h2-15,17H,16H2,1H3,(H,38,39)(H,40,41). The van der Waals surface area contributed by atoms with Crippen molar-refractivity contribution in [2.75, 3.05) is 0 Å². The van der Waals surface area contributed by atoms with E-state index in [1.54, 1.807) is 47.1 Å². The number of ether oxygens (including phenoxy) is 2. The highest BCUT2D eigenvalue weighted by atomic mass is 79.9. The van der Waals surface area contributed by atoms with E-state index in [0.717, 1.165) is 11.1 Å². The van der Waals surface area contributed by atoms with Crippen LogP contribution in [0, 0.1) is 0 Å². The number of carbonyl (C=O) groups is 2. The lowest BCUT2D eigenvalue weighted by Crippen LogP contribution is -2.23. The van der Waals surface area contributed by atoms with E-state index in [9.17, 15) is 19.8 Å². The van der Waals surface area contributed by atoms with Crippen LogP contribution in [0.15, 0.2) is 94.4 Å². The van der Waals surface area contributed by atoms with Crippen LogP contribution in [0.25, 0.3) is 10.6 Å². The number of hydrogen-bond donors (Lipinski definition) is 2. The van der Waals surface area contributed by atoms with Gasteiger partial charge in [-0.15, -0.1) is 0 Å². The van der Waals surface area contributed by atoms with Gasteiger partial charge in [-0.3, -0.25) is 0 Å². The van der Waals surface area contributed by atoms with Crippen LogP contribution >= 0.6 is 50.5 Å². The van der Waals surface area contributed by atoms with E-state index in [4.69, 9.17) is 42.8 Å². The van der Waals surface area contributed by atoms with E-state index in [1.165, 1.54) is 30.4 Å². The Morgan fingerprint density at radius 3 is 2.43 bits per heavy atom. The van der Waals surface area contributed by atoms with Gasteiger partial charge in [-0.05, 0) is 89.1 Å². The first-order chi connectivity index (χ1) is 21.0. The van der Waals surface area contributed by atoms with Crippen molar-refractivity contribution in [2.45, 2.75) is 19.6 Å². The molecule has 224 valence electrons. The smallest absolute Gasteiger partial charge is 0.344 e. The number of aromatic nitrogens is 2. The van der Waals surface area contributed by atoms with Gasteiger partial charge in [0.05, 0.1) is 32.3 Å². The van der Waals surface area contributed by atoms with Gasteiger partial charge in [-0.2, -0.15) is 5.10 Å². The van der Waals surface area contributed by atoms with Crippen LogP contribution < -0.4 is 14.3 Å². The third-order valence-electron chi connectivity index (χ3n) is 6.13. The highest BCUT2D eigenvalue weighted by Gasteiger charge is 2.16. The second-order valence-corrected chi connectivity index (χ2v) is 12.0. The minimum atomic E-state index is -1.07. The molecule has 0 aliphatic heterocycles. The van der Waals surface area contributed by atoms with E-state index in [1.807, 2.05) is 30.3 Å². The number of benzene rings is 4. The summed E-state index contributed by atoms with van der Waals surface area (Å²) in [5.74, 6) is -0.812. The molecule has 1 aromatic heterocycles. The van der Waals surface area contributed by atoms with Crippen molar-refractivity contribution >= 4 is 68.1 Å². The van der Waals surface area contributed by atoms with Gasteiger partial charge in [0.15, 0.2) is 6.10 Å². The highest BCUT2D eigenvalue weighted by molar-refractivity contribution is 9.10. The molecule has 0 bridgehead atoms. The zero-order valence-corrected chi connectivity index (χ0v) is 26.7. The molecule has 5 rings (SSSR count). The van der Waals surface area contributed by atoms with Gasteiger partial charge < -0.3 is 19.7 Å². The zero-order valence-electron chi connectivity index (χ0n) is 22.8. The largest absolute Gasteiger partial charge is 0.479 e. The van der Waals surface area contributed by atoms with Crippen molar-refractivity contribution in [1.29, 1.82) is 0 Å². The topological polar surface area (TPSA) is 123 Å². The summed E-state index contributed by atoms with van der Waals surface area (Å²) in [4.78, 5) is 27.9. The number of nitrogens with zero attached hydrogens (tertiary/aromatic N) is 3. The fraction of sp³-hybridized carbons (Fsp3) is 0.0968. The summed E-state index contributed by atoms with van der Waals surface area (Å²) in [6.45, 7) is 1.79. The molecule has 0 radical (unpaired) electrons. The molecule has 4 aromatic carbocycles. The van der Waals surface area contributed by atoms with Gasteiger partial charge in [0.1, 0.15) is 22.3 Å². The molecule has 1 atom stereocenters. The summed E-state index contributed by atoms with van der Waals surface area (Å²) in [5, 5.41) is 24.8. The molecule has 0 aliphatic carbocycles. The van der Waals surface area contributed by atoms with Crippen LogP contribution in [0.3, 0.4) is 0 Å². The van der Waals surface area contributed by atoms with E-state index >= 15 is 0 Å². The molecule has 44 heavy (non-hydrogen) atoms. The van der Waals surface area contributed by atoms with Gasteiger partial charge in [0.2, 0.25) is 4.80 Å². The maximum absolute atomic E-state index is 11.4. The number of carboxylic acids is 2. The number of carboxylic acid groups (broad SMARTS) is 2. The minimum Gasteiger partial charge on any atom is -0.479 e. The summed E-state index contributed by atoms with van der Waals surface area (Å²) in [6, 6.07) is 24.0. The Bertz CT molecular complexity index is 1940. The highest BCUT2D eigenvalue weighted by Crippen LogP contribution is 2.31. The molecule has 13 heteroatoms. The Kier molecular flexibility index (Phi) is 9.70. The van der Waals surface area contributed by atoms with E-state index in [0.29, 0.717) is 53.8 Å². The molecule has 9 nitrogen and oxygen atoms in total. The van der Waals surface area contributed by atoms with Gasteiger partial charge >= 0.3 is 11.9 Å². The Labute approximate surface area is 273 Å². The van der Waals surface area contributed by atoms with Gasteiger partial charge in [0.25, 0.3) is 0 Å². The zero-order chi connectivity index (χ0) is 31.4. The normalized spacial score (nSPS) is 12.1. The van der Waals surface area contributed by atoms with Gasteiger partial charge in [0, 0.05) is 5.56 Å². The molecule has 1 heterocycles. The maximum atomic E-state index is 11.4. The van der Waals surface area contributed by atoms with Gasteiger partial charge in [-0.1, -0.05) is 58.8 Å². The number of aliphatic carboxylic acids is 1. The molecular weight excluding hydrogens is 693 g/mol. The monoisotopic (exact) mass is 713 g/mol. The van der Waals surface area contributed by atoms with Crippen molar-refractivity contribution in [3.8, 4) is 27.8 Å². The molecule has 0 spiro atoms. The second kappa shape index (κ2) is 13.6. The van der Waals surface area contributed by atoms with E-state index < -0.39 is 18.0 Å². The van der Waals surface area contributed by atoms with Crippen LogP contribution in [0.1, 0.15) is 22.8 Å². The van der Waals surface area contributed by atoms with Crippen LogP contribution in [0.5, 0.6) is 17.2 Å². The third-order valence-corrected chi connectivity index (χ3v) is 8.48. The quantitative estimate of drug-likeness (QED) is 0.149. The number of rotatable bonds is 10. The predicted molar refractivity (Wildman–Crippen MR) is 172 cm³/mol. The maximum Gasteiger partial charge on any atom is 0.344 e. The molecule has 2 N–H and O–H groups in total. The third kappa shape index (κ3) is 7.67. The average Bonchev–Trinajstić information content (AvgIpc) is 3.38. The lowest BCUT2D eigenvalue weighted by Gasteiger charge is -2.13. The number of halogens is 3. The molecule has 0 saturated carbocycles. The van der Waals surface area contributed by atoms with Crippen molar-refractivity contribution < 1.29 is 29.3 Å². The molecule has 0 saturated heterocycles. The first-order valence-corrected chi connectivity index (χ1v) is 15.3. The fourth-order valence-electron chi connectivity index (χ4n) is 3.95. The molecule has 0 amide bonds. The number of aromatic carboxylic acids is 1. The summed E-state index contributed by atoms with van der Waals surface area (Å²) in [7, 11) is 0. The molecule has 0 fully saturated rings. The Morgan fingerprint density at radius 2 is 1.73 bits per heavy atom. The Morgan fingerprint density at radius 1 is 0.977 bits per heavy atom. The summed E-state index contributed by atoms with van der Waals surface area (Å²) >= 11 is 17.2. The van der Waals surface area contributed by atoms with E-state index in [-0.39, 0.29) is 5.56 Å². The van der Waals surface area contributed by atoms with Crippen LogP contribution in [0.4, 0.5) is 5.69 Å². The lowest BCUT2D eigenvalue weighted by molar-refractivity contribution is -0.144. The van der Waals surface area contributed by atoms with Crippen molar-refractivity contribution in [2.24, 2.45) is 4.99 Å². The van der Waals surface area contributed by atoms with Crippen molar-refractivity contribution in [3.63, 3.8) is 0 Å². The van der Waals surface area contributed by atoms with Crippen LogP contribution in [0.2, 0.25) is 10.0 Å². The summed E-state index contributed by atoms with van der Waals surface area (Å²) in [5.41, 5.74) is 2.33. The van der Waals surface area contributed by atoms with E-state index in [2.05, 4.69) is 15.9 Å². The van der Waals surface area contributed by atoms with Crippen LogP contribution in [-0.4, -0.2) is 38.0 Å². The van der Waals surface area contributed by atoms with Crippen LogP contribution in [-0.2, 0) is 11.3 Å². The molecule has 1 unspecified atom stereocenters. The minimum absolute atomic E-state index is 0.121. The lowest BCUT2D eigenvalue weighted by atomic mass is 10.2. The first kappa shape index (κ1) is 31.3. The Hall–Kier alpha value is -4.16. The fourth-order valence-corrected chi connectivity index (χ4v) is 5.68. The van der Waals surface area contributed by atoms with Crippen molar-refractivity contribution in [1.82, 2.24) is 9.78 Å². The SMILES string of the molecule is CC(Oc1ccc(Cn2nc(-c3cccc(Oc4cccc(C(=O)O)c4)c3)sc2=Nc2ccc(Cl)c(Cl)c2)cc1Br)C(=O)O. The Balaban J connectivity index is 1.50. The first-order valence-electron chi connectivity index (χ1n) is 12.9. The summed E-state index contributed by atoms with van der Waals surface area (Å²) in [6.07, 6.45) is -1.01. The molecular formula is C31H22BrCl2N3O6S. The molecule has 5 aromatic rings. The average molecular weight is 715 g/mol. The molecule has 0 aliphatic rings. The number of hydrogen-bond acceptors (Lipinski definition) is 7. The van der Waals surface area contributed by atoms with Gasteiger partial charge in [-0.25, -0.2) is 19.3 Å².